The van der Waals surface area contributed by atoms with Gasteiger partial charge >= 0.3 is 5.97 Å². The normalized spacial score (nSPS) is 21.9. The first kappa shape index (κ1) is 99.7. The molecule has 0 spiro atoms. The minimum atomic E-state index is -1.91. The van der Waals surface area contributed by atoms with Crippen LogP contribution in [-0.2, 0) is 115 Å². The number of aromatic nitrogens is 1. The first-order valence-electron chi connectivity index (χ1n) is 42.0. The molecule has 0 radical (unpaired) electrons. The number of phenols is 2. The van der Waals surface area contributed by atoms with Gasteiger partial charge < -0.3 is 104 Å². The van der Waals surface area contributed by atoms with Gasteiger partial charge in [-0.2, -0.15) is 0 Å². The maximum atomic E-state index is 15.5. The molecule has 8 rings (SSSR count). The molecule has 7 aromatic rings. The van der Waals surface area contributed by atoms with E-state index in [1.165, 1.54) is 83.8 Å². The summed E-state index contributed by atoms with van der Waals surface area (Å²) in [6.45, 7) is 2.37. The number of H-pyrrole nitrogens is 1. The summed E-state index contributed by atoms with van der Waals surface area (Å²) < 4.78 is 0. The number of benzene rings is 6. The number of nitrogens with two attached hydrogens (primary N) is 2. The van der Waals surface area contributed by atoms with Crippen molar-refractivity contribution in [1.29, 1.82) is 0 Å². The summed E-state index contributed by atoms with van der Waals surface area (Å²) in [5.74, 6) is -17.4. The molecule has 1 saturated heterocycles. The predicted molar refractivity (Wildman–Crippen MR) is 476 cm³/mol. The molecule has 1 aliphatic heterocycles. The molecule has 17 N–H and O–H groups in total. The molecule has 36 nitrogen and oxygen atoms in total. The number of thioether (sulfide) groups is 1. The Hall–Kier alpha value is -13.7. The maximum absolute atomic E-state index is 15.5. The lowest BCUT2D eigenvalue weighted by atomic mass is 9.98. The van der Waals surface area contributed by atoms with Crippen molar-refractivity contribution in [1.82, 2.24) is 77.3 Å². The Labute approximate surface area is 745 Å². The van der Waals surface area contributed by atoms with E-state index in [9.17, 15) is 58.5 Å². The second kappa shape index (κ2) is 48.7. The number of unbranched alkanes of at least 4 members (excludes halogenated alkanes) is 1. The average molecular weight is 1780 g/mol. The number of aromatic hydroxyl groups is 2. The highest BCUT2D eigenvalue weighted by atomic mass is 32.2. The molecular formula is C91H115N17O19S. The van der Waals surface area contributed by atoms with Gasteiger partial charge in [0.15, 0.2) is 0 Å². The number of carboxylic acid groups (broad SMARTS) is 1. The number of amides is 15. The number of nitrogens with one attached hydrogen (secondary N) is 10. The van der Waals surface area contributed by atoms with Gasteiger partial charge in [0, 0.05) is 96.6 Å². The molecule has 1 fully saturated rings. The number of aromatic amines is 1. The molecule has 0 saturated carbocycles. The number of carbonyl (C=O) groups excluding carboxylic acids is 15. The fourth-order valence-corrected chi connectivity index (χ4v) is 15.5. The summed E-state index contributed by atoms with van der Waals surface area (Å²) in [4.78, 5) is 242. The number of primary amides is 1. The van der Waals surface area contributed by atoms with Gasteiger partial charge in [0.05, 0.1) is 31.8 Å². The van der Waals surface area contributed by atoms with Crippen LogP contribution in [0.1, 0.15) is 86.3 Å². The number of likely N-dealkylation sites (N-methyl/N-ethyl adjacent to an activating group) is 5. The zero-order valence-electron chi connectivity index (χ0n) is 72.8. The van der Waals surface area contributed by atoms with E-state index in [1.54, 1.807) is 135 Å². The van der Waals surface area contributed by atoms with Gasteiger partial charge in [0.2, 0.25) is 88.6 Å². The van der Waals surface area contributed by atoms with Crippen molar-refractivity contribution in [3.05, 3.63) is 203 Å². The first-order valence-corrected chi connectivity index (χ1v) is 43.2. The quantitative estimate of drug-likeness (QED) is 0.0418. The molecule has 6 aromatic carbocycles. The average Bonchev–Trinajstić information content (AvgIpc) is 1.08. The van der Waals surface area contributed by atoms with Crippen LogP contribution in [0.5, 0.6) is 11.5 Å². The maximum Gasteiger partial charge on any atom is 0.305 e. The lowest BCUT2D eigenvalue weighted by Gasteiger charge is -2.37. The third kappa shape index (κ3) is 29.7. The van der Waals surface area contributed by atoms with Gasteiger partial charge in [0.25, 0.3) is 0 Å². The molecule has 128 heavy (non-hydrogen) atoms. The number of carbonyl (C=O) groups is 16. The number of carboxylic acids is 1. The van der Waals surface area contributed by atoms with Gasteiger partial charge in [-0.05, 0) is 89.0 Å². The van der Waals surface area contributed by atoms with Crippen molar-refractivity contribution in [3.63, 3.8) is 0 Å². The molecule has 0 aliphatic carbocycles. The standard InChI is InChI=1S/C91H115N17O19S/c1-9-10-30-72-89(125)105(5)51-77(113)97-68(47-79(115)116)85(121)103-80(54(2)3)91(127)107(7)73(44-56-24-16-12-17-25-56)86(122)101-69(43-59-33-37-62(110)38-34-59)87(123)104(4)50-76(112)96-67(46-60-48-94-64-29-21-20-28-63(60)64)84(120)100-66(41-58-31-35-61(109)36-32-58)83(119)99-65(39-40-92)82(118)102-71(81(117)95-49-75(93)111)52-128-53-78(114)98-70(42-55-22-14-11-15-23-55)88(124)108(8)74(90(126)106(72)6)45-57-26-18-13-19-27-57/h11-29,31-38,48,54,65-74,80,94,109-110H,9-10,30,39-47,49-53,92H2,1-8H3,(H2,93,111)(H,95,117)(H,96,112)(H,97,113)(H,98,114)(H,99,119)(H,100,120)(H,101,122)(H,102,118)(H,103,121)(H,115,116)/t65-,66?,67-,68-,69-,70-,71-,72-,73-,74-,80-/m0/s1. The summed E-state index contributed by atoms with van der Waals surface area (Å²) >= 11 is 0.804. The Morgan fingerprint density at radius 1 is 0.461 bits per heavy atom. The van der Waals surface area contributed by atoms with Crippen LogP contribution in [0.25, 0.3) is 10.9 Å². The van der Waals surface area contributed by atoms with E-state index in [0.29, 0.717) is 57.1 Å². The third-order valence-electron chi connectivity index (χ3n) is 21.8. The molecular weight excluding hydrogens is 1670 g/mol. The Kier molecular flexibility index (Phi) is 37.9. The zero-order valence-corrected chi connectivity index (χ0v) is 73.6. The minimum Gasteiger partial charge on any atom is -0.508 e. The molecule has 1 aromatic heterocycles. The van der Waals surface area contributed by atoms with Crippen molar-refractivity contribution in [2.24, 2.45) is 17.4 Å². The number of hydrogen-bond acceptors (Lipinski definition) is 20. The Morgan fingerprint density at radius 2 is 0.906 bits per heavy atom. The van der Waals surface area contributed by atoms with Crippen molar-refractivity contribution in [3.8, 4) is 11.5 Å². The second-order valence-electron chi connectivity index (χ2n) is 32.0. The Morgan fingerprint density at radius 3 is 1.45 bits per heavy atom. The van der Waals surface area contributed by atoms with Gasteiger partial charge in [-0.15, -0.1) is 11.8 Å². The third-order valence-corrected chi connectivity index (χ3v) is 22.8. The molecule has 11 atom stereocenters. The number of aliphatic carboxylic acids is 1. The van der Waals surface area contributed by atoms with Gasteiger partial charge in [0.1, 0.15) is 78.0 Å². The predicted octanol–water partition coefficient (Wildman–Crippen LogP) is 0.629. The van der Waals surface area contributed by atoms with Crippen molar-refractivity contribution in [2.75, 3.05) is 72.9 Å². The lowest BCUT2D eigenvalue weighted by Crippen LogP contribution is -2.61. The summed E-state index contributed by atoms with van der Waals surface area (Å²) in [5, 5.41) is 55.2. The van der Waals surface area contributed by atoms with Crippen molar-refractivity contribution < 1.29 is 92.0 Å². The molecule has 1 aliphatic rings. The topological polar surface area (TPSA) is 526 Å². The van der Waals surface area contributed by atoms with E-state index >= 15 is 33.6 Å². The van der Waals surface area contributed by atoms with E-state index in [1.807, 2.05) is 6.92 Å². The fourth-order valence-electron chi connectivity index (χ4n) is 14.7. The Balaban J connectivity index is 1.20. The Bertz CT molecular complexity index is 5030. The number of hydrogen-bond donors (Lipinski definition) is 15. The van der Waals surface area contributed by atoms with Crippen LogP contribution >= 0.6 is 11.8 Å². The minimum absolute atomic E-state index is 0.0257. The first-order chi connectivity index (χ1) is 61.0. The second-order valence-corrected chi connectivity index (χ2v) is 33.0. The summed E-state index contributed by atoms with van der Waals surface area (Å²) in [6.07, 6.45) is -0.208. The number of para-hydroxylation sites is 1. The lowest BCUT2D eigenvalue weighted by molar-refractivity contribution is -0.151. The van der Waals surface area contributed by atoms with Crippen molar-refractivity contribution in [2.45, 2.75) is 158 Å². The summed E-state index contributed by atoms with van der Waals surface area (Å²) in [5.41, 5.74) is 15.1. The van der Waals surface area contributed by atoms with E-state index in [0.717, 1.165) is 36.3 Å². The smallest absolute Gasteiger partial charge is 0.305 e. The van der Waals surface area contributed by atoms with Crippen LogP contribution in [0.15, 0.2) is 170 Å². The molecule has 2 heterocycles. The number of fused-ring (bicyclic) bond motifs is 1. The molecule has 1 unspecified atom stereocenters. The van der Waals surface area contributed by atoms with Crippen LogP contribution in [0.3, 0.4) is 0 Å². The molecule has 15 amide bonds. The highest BCUT2D eigenvalue weighted by Gasteiger charge is 2.42. The highest BCUT2D eigenvalue weighted by molar-refractivity contribution is 8.00. The van der Waals surface area contributed by atoms with Gasteiger partial charge in [-0.3, -0.25) is 76.7 Å². The molecule has 684 valence electrons. The number of rotatable bonds is 23. The number of phenolic OH excluding ortho intramolecular Hbond substituents is 2. The SMILES string of the molecule is CCCC[C@H]1C(=O)N(C)CC(=O)N[C@@H](CC(=O)O)C(=O)N[C@@H](C(C)C)C(=O)N(C)[C@@H](Cc2ccccc2)C(=O)N[C@@H](Cc2ccc(O)cc2)C(=O)N(C)CC(=O)N[C@@H](Cc2c[nH]c3ccccc23)C(=O)NC(Cc2ccc(O)cc2)C(=O)N[C@@H](CCN)C(=O)N[C@H](C(=O)NCC(N)=O)CSCC(=O)N[C@@H](Cc2ccccc2)C(=O)N(C)[C@@H](Cc2ccccc2)C(=O)N1C. The summed E-state index contributed by atoms with van der Waals surface area (Å²) in [6, 6.07) is 26.8. The van der Waals surface area contributed by atoms with E-state index in [4.69, 9.17) is 11.5 Å². The van der Waals surface area contributed by atoms with Crippen LogP contribution < -0.4 is 59.3 Å². The van der Waals surface area contributed by atoms with Crippen LogP contribution in [0.4, 0.5) is 0 Å². The van der Waals surface area contributed by atoms with Gasteiger partial charge in [-0.25, -0.2) is 0 Å². The zero-order chi connectivity index (χ0) is 93.4. The largest absolute Gasteiger partial charge is 0.508 e. The van der Waals surface area contributed by atoms with Crippen LogP contribution in [0, 0.1) is 5.92 Å². The van der Waals surface area contributed by atoms with E-state index in [-0.39, 0.29) is 69.4 Å². The summed E-state index contributed by atoms with van der Waals surface area (Å²) in [7, 11) is 6.50. The monoisotopic (exact) mass is 1780 g/mol. The fraction of sp³-hybridized carbons (Fsp3) is 0.407. The molecule has 0 bridgehead atoms. The highest BCUT2D eigenvalue weighted by Crippen LogP contribution is 2.24. The van der Waals surface area contributed by atoms with Crippen molar-refractivity contribution >= 4 is 117 Å². The van der Waals surface area contributed by atoms with Crippen LogP contribution in [0.2, 0.25) is 0 Å². The van der Waals surface area contributed by atoms with Crippen LogP contribution in [-0.4, -0.2) is 279 Å². The van der Waals surface area contributed by atoms with E-state index < -0.39 is 205 Å². The molecule has 37 heteroatoms. The van der Waals surface area contributed by atoms with Gasteiger partial charge in [-0.1, -0.05) is 167 Å². The van der Waals surface area contributed by atoms with E-state index in [2.05, 4.69) is 52.8 Å². The number of nitrogens with zero attached hydrogens (tertiary/aromatic N) is 5.